The maximum absolute atomic E-state index is 5.23. The van der Waals surface area contributed by atoms with Crippen molar-refractivity contribution in [2.24, 2.45) is 0 Å². The zero-order valence-electron chi connectivity index (χ0n) is 7.74. The van der Waals surface area contributed by atoms with Crippen molar-refractivity contribution in [3.63, 3.8) is 0 Å². The molecule has 5 nitrogen and oxygen atoms in total. The number of aromatic amines is 1. The molecule has 1 N–H and O–H groups in total. The van der Waals surface area contributed by atoms with Crippen molar-refractivity contribution in [3.05, 3.63) is 11.9 Å². The van der Waals surface area contributed by atoms with Crippen molar-refractivity contribution in [2.75, 3.05) is 6.61 Å². The van der Waals surface area contributed by atoms with E-state index in [4.69, 9.17) is 4.74 Å². The summed E-state index contributed by atoms with van der Waals surface area (Å²) < 4.78 is 6.86. The maximum Gasteiger partial charge on any atom is 0.237 e. The average Bonchev–Trinajstić information content (AvgIpc) is 2.61. The van der Waals surface area contributed by atoms with Gasteiger partial charge in [0.15, 0.2) is 5.65 Å². The minimum Gasteiger partial charge on any atom is -0.477 e. The molecule has 70 valence electrons. The Labute approximate surface area is 75.7 Å². The van der Waals surface area contributed by atoms with Crippen LogP contribution in [-0.4, -0.2) is 26.4 Å². The van der Waals surface area contributed by atoms with Gasteiger partial charge in [-0.3, -0.25) is 5.10 Å². The number of hydrogen-bond donors (Lipinski definition) is 1. The van der Waals surface area contributed by atoms with Crippen LogP contribution in [0.2, 0.25) is 0 Å². The Morgan fingerprint density at radius 2 is 2.38 bits per heavy atom. The minimum atomic E-state index is 0.615. The van der Waals surface area contributed by atoms with Crippen molar-refractivity contribution in [3.8, 4) is 5.88 Å². The van der Waals surface area contributed by atoms with Gasteiger partial charge < -0.3 is 4.74 Å². The van der Waals surface area contributed by atoms with Crippen LogP contribution in [0.25, 0.3) is 5.65 Å². The van der Waals surface area contributed by atoms with E-state index >= 15 is 0 Å². The molecule has 0 saturated heterocycles. The molecule has 2 heterocycles. The van der Waals surface area contributed by atoms with Crippen molar-refractivity contribution < 1.29 is 4.74 Å². The van der Waals surface area contributed by atoms with Crippen LogP contribution in [0, 0.1) is 0 Å². The van der Waals surface area contributed by atoms with Gasteiger partial charge in [-0.2, -0.15) is 4.63 Å². The van der Waals surface area contributed by atoms with Crippen LogP contribution in [0.3, 0.4) is 0 Å². The van der Waals surface area contributed by atoms with Gasteiger partial charge in [-0.25, -0.2) is 4.98 Å². The number of hydrogen-bond acceptors (Lipinski definition) is 3. The molecule has 0 aromatic carbocycles. The molecule has 0 amide bonds. The minimum absolute atomic E-state index is 0.615. The van der Waals surface area contributed by atoms with E-state index in [-0.39, 0.29) is 0 Å². The van der Waals surface area contributed by atoms with Gasteiger partial charge >= 0.3 is 0 Å². The number of nitrogens with zero attached hydrogens (tertiary/aromatic N) is 3. The fourth-order valence-corrected chi connectivity index (χ4v) is 1.17. The summed E-state index contributed by atoms with van der Waals surface area (Å²) in [5.74, 6) is 1.55. The highest BCUT2D eigenvalue weighted by molar-refractivity contribution is 5.40. The fourth-order valence-electron chi connectivity index (χ4n) is 1.17. The van der Waals surface area contributed by atoms with Gasteiger partial charge in [-0.1, -0.05) is 6.92 Å². The highest BCUT2D eigenvalue weighted by Crippen LogP contribution is 2.10. The van der Waals surface area contributed by atoms with Gasteiger partial charge in [0.2, 0.25) is 5.88 Å². The van der Waals surface area contributed by atoms with Crippen molar-refractivity contribution in [2.45, 2.75) is 20.3 Å². The summed E-state index contributed by atoms with van der Waals surface area (Å²) in [4.78, 5) is 4.30. The van der Waals surface area contributed by atoms with E-state index < -0.39 is 0 Å². The van der Waals surface area contributed by atoms with E-state index in [1.807, 2.05) is 19.9 Å². The predicted octanol–water partition coefficient (Wildman–Crippen LogP) is 1.02. The van der Waals surface area contributed by atoms with Gasteiger partial charge in [-0.05, 0) is 6.92 Å². The van der Waals surface area contributed by atoms with E-state index in [0.717, 1.165) is 17.9 Å². The van der Waals surface area contributed by atoms with Crippen molar-refractivity contribution >= 4 is 5.65 Å². The lowest BCUT2D eigenvalue weighted by Gasteiger charge is -1.93. The molecule has 0 bridgehead atoms. The van der Waals surface area contributed by atoms with Crippen LogP contribution >= 0.6 is 0 Å². The molecule has 0 radical (unpaired) electrons. The van der Waals surface area contributed by atoms with Crippen LogP contribution < -0.4 is 4.74 Å². The molecule has 13 heavy (non-hydrogen) atoms. The summed E-state index contributed by atoms with van der Waals surface area (Å²) in [6.45, 7) is 4.60. The molecule has 0 unspecified atom stereocenters. The van der Waals surface area contributed by atoms with Crippen LogP contribution in [0.5, 0.6) is 5.88 Å². The molecule has 0 saturated carbocycles. The summed E-state index contributed by atoms with van der Waals surface area (Å²) in [6, 6.07) is 1.82. The van der Waals surface area contributed by atoms with Gasteiger partial charge in [0, 0.05) is 12.5 Å². The van der Waals surface area contributed by atoms with Crippen molar-refractivity contribution in [1.29, 1.82) is 0 Å². The number of fused-ring (bicyclic) bond motifs is 1. The summed E-state index contributed by atoms with van der Waals surface area (Å²) in [6.07, 6.45) is 0.882. The summed E-state index contributed by atoms with van der Waals surface area (Å²) in [5.41, 5.74) is 0.806. The summed E-state index contributed by atoms with van der Waals surface area (Å²) in [7, 11) is 0. The molecule has 0 spiro atoms. The van der Waals surface area contributed by atoms with Gasteiger partial charge in [-0.15, -0.1) is 5.10 Å². The molecule has 0 atom stereocenters. The first-order valence-electron chi connectivity index (χ1n) is 4.41. The number of aryl methyl sites for hydroxylation is 1. The molecule has 2 rings (SSSR count). The van der Waals surface area contributed by atoms with E-state index in [0.29, 0.717) is 12.5 Å². The first-order valence-corrected chi connectivity index (χ1v) is 4.41. The zero-order valence-corrected chi connectivity index (χ0v) is 7.74. The van der Waals surface area contributed by atoms with E-state index in [9.17, 15) is 0 Å². The first kappa shape index (κ1) is 8.10. The third-order valence-electron chi connectivity index (χ3n) is 1.78. The van der Waals surface area contributed by atoms with E-state index in [1.165, 1.54) is 0 Å². The third kappa shape index (κ3) is 1.37. The molecule has 0 aliphatic heterocycles. The molecule has 0 fully saturated rings. The maximum atomic E-state index is 5.23. The second kappa shape index (κ2) is 3.08. The predicted molar refractivity (Wildman–Crippen MR) is 47.9 cm³/mol. The van der Waals surface area contributed by atoms with E-state index in [2.05, 4.69) is 15.2 Å². The van der Waals surface area contributed by atoms with E-state index in [1.54, 1.807) is 4.63 Å². The number of nitrogens with one attached hydrogen (secondary N) is 1. The van der Waals surface area contributed by atoms with Crippen LogP contribution in [0.4, 0.5) is 0 Å². The normalized spacial score (nSPS) is 10.9. The smallest absolute Gasteiger partial charge is 0.237 e. The standard InChI is InChI=1S/C8H12N4O/c1-3-6-9-7-5-8(13-4-2)11-12(7)10-6/h5H,3-4H2,1-2H3,(H,9,10). The molecule has 2 aromatic rings. The van der Waals surface area contributed by atoms with Crippen LogP contribution in [0.1, 0.15) is 19.7 Å². The lowest BCUT2D eigenvalue weighted by molar-refractivity contribution is 0.324. The molecule has 5 heteroatoms. The Morgan fingerprint density at radius 1 is 1.54 bits per heavy atom. The number of ether oxygens (including phenoxy) is 1. The Hall–Kier alpha value is -1.52. The van der Waals surface area contributed by atoms with Gasteiger partial charge in [0.1, 0.15) is 5.82 Å². The van der Waals surface area contributed by atoms with Crippen LogP contribution in [-0.2, 0) is 6.42 Å². The fraction of sp³-hybridized carbons (Fsp3) is 0.500. The Morgan fingerprint density at radius 3 is 3.00 bits per heavy atom. The monoisotopic (exact) mass is 180 g/mol. The Kier molecular flexibility index (Phi) is 1.92. The SMILES string of the molecule is CCOc1cc2nc(CC)[nH]n2n1. The lowest BCUT2D eigenvalue weighted by atomic mass is 10.5. The Bertz CT molecular complexity index is 372. The number of aromatic nitrogens is 4. The number of H-pyrrole nitrogens is 1. The lowest BCUT2D eigenvalue weighted by Crippen LogP contribution is -1.94. The van der Waals surface area contributed by atoms with Crippen LogP contribution in [0.15, 0.2) is 6.07 Å². The van der Waals surface area contributed by atoms with Crippen molar-refractivity contribution in [1.82, 2.24) is 19.8 Å². The quantitative estimate of drug-likeness (QED) is 0.767. The molecule has 0 aliphatic rings. The largest absolute Gasteiger partial charge is 0.477 e. The molecule has 0 aliphatic carbocycles. The highest BCUT2D eigenvalue weighted by Gasteiger charge is 2.05. The first-order chi connectivity index (χ1) is 6.33. The third-order valence-corrected chi connectivity index (χ3v) is 1.78. The number of rotatable bonds is 3. The van der Waals surface area contributed by atoms with Gasteiger partial charge in [0.05, 0.1) is 6.61 Å². The average molecular weight is 180 g/mol. The molecular formula is C8H12N4O. The zero-order chi connectivity index (χ0) is 9.26. The van der Waals surface area contributed by atoms with Gasteiger partial charge in [0.25, 0.3) is 0 Å². The molecular weight excluding hydrogens is 168 g/mol. The Balaban J connectivity index is 2.36. The second-order valence-corrected chi connectivity index (χ2v) is 2.71. The summed E-state index contributed by atoms with van der Waals surface area (Å²) >= 11 is 0. The second-order valence-electron chi connectivity index (χ2n) is 2.71. The summed E-state index contributed by atoms with van der Waals surface area (Å²) in [5, 5.41) is 7.19. The topological polar surface area (TPSA) is 55.2 Å². The molecule has 2 aromatic heterocycles. The highest BCUT2D eigenvalue weighted by atomic mass is 16.5.